The Balaban J connectivity index is 1.74. The molecule has 0 saturated heterocycles. The maximum Gasteiger partial charge on any atom is 0.264 e. The average Bonchev–Trinajstić information content (AvgIpc) is 2.90. The lowest BCUT2D eigenvalue weighted by Gasteiger charge is -2.18. The van der Waals surface area contributed by atoms with Crippen molar-refractivity contribution in [2.45, 2.75) is 20.3 Å². The molecule has 3 nitrogen and oxygen atoms in total. The number of aryl methyl sites for hydroxylation is 2. The largest absolute Gasteiger partial charge is 0.483 e. The van der Waals surface area contributed by atoms with E-state index in [4.69, 9.17) is 4.74 Å². The van der Waals surface area contributed by atoms with Crippen LogP contribution < -0.4 is 9.64 Å². The molecule has 0 bridgehead atoms. The summed E-state index contributed by atoms with van der Waals surface area (Å²) in [5.41, 5.74) is 2.74. The summed E-state index contributed by atoms with van der Waals surface area (Å²) in [6.45, 7) is 4.06. The van der Waals surface area contributed by atoms with Gasteiger partial charge >= 0.3 is 0 Å². The molecule has 3 rings (SSSR count). The van der Waals surface area contributed by atoms with Crippen molar-refractivity contribution in [3.63, 3.8) is 0 Å². The van der Waals surface area contributed by atoms with Gasteiger partial charge < -0.3 is 9.64 Å². The Labute approximate surface area is 133 Å². The average molecular weight is 317 g/mol. The monoisotopic (exact) mass is 317 g/mol. The highest BCUT2D eigenvalue weighted by Gasteiger charge is 2.28. The minimum absolute atomic E-state index is 0.165. The number of amides is 1. The van der Waals surface area contributed by atoms with Gasteiger partial charge in [0, 0.05) is 18.2 Å². The number of anilines is 1. The van der Waals surface area contributed by atoms with Crippen LogP contribution in [0, 0.1) is 25.5 Å². The first kappa shape index (κ1) is 15.5. The molecule has 0 unspecified atom stereocenters. The Morgan fingerprint density at radius 1 is 1.22 bits per heavy atom. The molecule has 1 aliphatic rings. The second-order valence-electron chi connectivity index (χ2n) is 5.74. The standard InChI is InChI=1S/C18H17F2NO2/c1-11-3-4-17(12(2)7-11)23-10-18(22)21-6-5-14-15(20)8-13(19)9-16(14)21/h3-4,7-9H,5-6,10H2,1-2H3. The van der Waals surface area contributed by atoms with Gasteiger partial charge in [0.15, 0.2) is 6.61 Å². The molecule has 0 saturated carbocycles. The first-order valence-electron chi connectivity index (χ1n) is 7.44. The van der Waals surface area contributed by atoms with Gasteiger partial charge in [0.05, 0.1) is 5.69 Å². The van der Waals surface area contributed by atoms with Crippen LogP contribution in [0.4, 0.5) is 14.5 Å². The number of carbonyl (C=O) groups excluding carboxylic acids is 1. The van der Waals surface area contributed by atoms with Crippen molar-refractivity contribution in [3.8, 4) is 5.75 Å². The van der Waals surface area contributed by atoms with Crippen molar-refractivity contribution >= 4 is 11.6 Å². The number of ether oxygens (including phenoxy) is 1. The Morgan fingerprint density at radius 2 is 2.00 bits per heavy atom. The lowest BCUT2D eigenvalue weighted by Crippen LogP contribution is -2.33. The second kappa shape index (κ2) is 5.99. The van der Waals surface area contributed by atoms with Crippen LogP contribution in [0.3, 0.4) is 0 Å². The van der Waals surface area contributed by atoms with E-state index in [1.807, 2.05) is 32.0 Å². The van der Waals surface area contributed by atoms with Gasteiger partial charge in [-0.15, -0.1) is 0 Å². The van der Waals surface area contributed by atoms with E-state index in [9.17, 15) is 13.6 Å². The number of hydrogen-bond acceptors (Lipinski definition) is 2. The van der Waals surface area contributed by atoms with E-state index in [1.165, 1.54) is 11.0 Å². The third-order valence-electron chi connectivity index (χ3n) is 4.00. The van der Waals surface area contributed by atoms with E-state index >= 15 is 0 Å². The van der Waals surface area contributed by atoms with Crippen molar-refractivity contribution < 1.29 is 18.3 Å². The normalized spacial score (nSPS) is 13.1. The van der Waals surface area contributed by atoms with Crippen LogP contribution in [-0.4, -0.2) is 19.1 Å². The van der Waals surface area contributed by atoms with Gasteiger partial charge in [-0.3, -0.25) is 4.79 Å². The van der Waals surface area contributed by atoms with Crippen molar-refractivity contribution in [1.29, 1.82) is 0 Å². The molecular formula is C18H17F2NO2. The molecule has 0 atom stereocenters. The Bertz CT molecular complexity index is 774. The molecule has 2 aromatic rings. The number of hydrogen-bond donors (Lipinski definition) is 0. The van der Waals surface area contributed by atoms with Crippen LogP contribution in [0.25, 0.3) is 0 Å². The number of rotatable bonds is 3. The van der Waals surface area contributed by atoms with Crippen molar-refractivity contribution in [1.82, 2.24) is 0 Å². The van der Waals surface area contributed by atoms with Crippen molar-refractivity contribution in [2.24, 2.45) is 0 Å². The summed E-state index contributed by atoms with van der Waals surface area (Å²) in [6, 6.07) is 7.73. The van der Waals surface area contributed by atoms with Crippen molar-refractivity contribution in [3.05, 3.63) is 58.7 Å². The van der Waals surface area contributed by atoms with Gasteiger partial charge in [0.25, 0.3) is 5.91 Å². The molecule has 2 aromatic carbocycles. The van der Waals surface area contributed by atoms with E-state index in [1.54, 1.807) is 0 Å². The summed E-state index contributed by atoms with van der Waals surface area (Å²) in [6.07, 6.45) is 0.386. The molecule has 1 amide bonds. The number of halogens is 2. The SMILES string of the molecule is Cc1ccc(OCC(=O)N2CCc3c(F)cc(F)cc32)c(C)c1. The Hall–Kier alpha value is -2.43. The maximum atomic E-state index is 13.7. The first-order chi connectivity index (χ1) is 11.0. The molecule has 0 aromatic heterocycles. The number of nitrogens with zero attached hydrogens (tertiary/aromatic N) is 1. The molecule has 0 N–H and O–H groups in total. The molecular weight excluding hydrogens is 300 g/mol. The predicted molar refractivity (Wildman–Crippen MR) is 83.8 cm³/mol. The summed E-state index contributed by atoms with van der Waals surface area (Å²) in [7, 11) is 0. The topological polar surface area (TPSA) is 29.5 Å². The number of benzene rings is 2. The van der Waals surface area contributed by atoms with Gasteiger partial charge in [0.2, 0.25) is 0 Å². The van der Waals surface area contributed by atoms with E-state index in [0.717, 1.165) is 17.2 Å². The fourth-order valence-corrected chi connectivity index (χ4v) is 2.86. The third-order valence-corrected chi connectivity index (χ3v) is 4.00. The summed E-state index contributed by atoms with van der Waals surface area (Å²) >= 11 is 0. The number of fused-ring (bicyclic) bond motifs is 1. The number of carbonyl (C=O) groups is 1. The van der Waals surface area contributed by atoms with Crippen LogP contribution in [-0.2, 0) is 11.2 Å². The third kappa shape index (κ3) is 3.04. The van der Waals surface area contributed by atoms with Crippen LogP contribution in [0.2, 0.25) is 0 Å². The fraction of sp³-hybridized carbons (Fsp3) is 0.278. The van der Waals surface area contributed by atoms with E-state index in [2.05, 4.69) is 0 Å². The van der Waals surface area contributed by atoms with Crippen molar-refractivity contribution in [2.75, 3.05) is 18.1 Å². The van der Waals surface area contributed by atoms with Gasteiger partial charge in [-0.05, 0) is 38.0 Å². The zero-order chi connectivity index (χ0) is 16.6. The Morgan fingerprint density at radius 3 is 2.74 bits per heavy atom. The van der Waals surface area contributed by atoms with E-state index in [0.29, 0.717) is 30.0 Å². The molecule has 5 heteroatoms. The molecule has 0 fully saturated rings. The van der Waals surface area contributed by atoms with Gasteiger partial charge in [0.1, 0.15) is 17.4 Å². The molecule has 0 spiro atoms. The lowest BCUT2D eigenvalue weighted by molar-refractivity contribution is -0.120. The molecule has 23 heavy (non-hydrogen) atoms. The minimum Gasteiger partial charge on any atom is -0.483 e. The van der Waals surface area contributed by atoms with Crippen LogP contribution in [0.1, 0.15) is 16.7 Å². The first-order valence-corrected chi connectivity index (χ1v) is 7.44. The van der Waals surface area contributed by atoms with E-state index < -0.39 is 11.6 Å². The zero-order valence-electron chi connectivity index (χ0n) is 13.0. The molecule has 1 aliphatic heterocycles. The molecule has 0 radical (unpaired) electrons. The summed E-state index contributed by atoms with van der Waals surface area (Å²) in [4.78, 5) is 13.7. The predicted octanol–water partition coefficient (Wildman–Crippen LogP) is 3.55. The van der Waals surface area contributed by atoms with Gasteiger partial charge in [-0.2, -0.15) is 0 Å². The van der Waals surface area contributed by atoms with Crippen LogP contribution >= 0.6 is 0 Å². The fourth-order valence-electron chi connectivity index (χ4n) is 2.86. The highest BCUT2D eigenvalue weighted by Crippen LogP contribution is 2.31. The van der Waals surface area contributed by atoms with E-state index in [-0.39, 0.29) is 12.5 Å². The smallest absolute Gasteiger partial charge is 0.264 e. The Kier molecular flexibility index (Phi) is 4.03. The quantitative estimate of drug-likeness (QED) is 0.866. The summed E-state index contributed by atoms with van der Waals surface area (Å²) in [5.74, 6) is -0.968. The van der Waals surface area contributed by atoms with Gasteiger partial charge in [-0.25, -0.2) is 8.78 Å². The van der Waals surface area contributed by atoms with Crippen LogP contribution in [0.5, 0.6) is 5.75 Å². The molecule has 0 aliphatic carbocycles. The maximum absolute atomic E-state index is 13.7. The highest BCUT2D eigenvalue weighted by molar-refractivity contribution is 5.96. The summed E-state index contributed by atoms with van der Waals surface area (Å²) in [5, 5.41) is 0. The van der Waals surface area contributed by atoms with Gasteiger partial charge in [-0.1, -0.05) is 17.7 Å². The summed E-state index contributed by atoms with van der Waals surface area (Å²) < 4.78 is 32.7. The second-order valence-corrected chi connectivity index (χ2v) is 5.74. The zero-order valence-corrected chi connectivity index (χ0v) is 13.0. The lowest BCUT2D eigenvalue weighted by atomic mass is 10.1. The van der Waals surface area contributed by atoms with Crippen LogP contribution in [0.15, 0.2) is 30.3 Å². The molecule has 1 heterocycles. The minimum atomic E-state index is -0.684. The molecule has 120 valence electrons. The highest BCUT2D eigenvalue weighted by atomic mass is 19.1.